The second-order valence-electron chi connectivity index (χ2n) is 4.64. The summed E-state index contributed by atoms with van der Waals surface area (Å²) in [6, 6.07) is 12.4. The van der Waals surface area contributed by atoms with Crippen LogP contribution in [0.2, 0.25) is 5.02 Å². The van der Waals surface area contributed by atoms with E-state index in [1.807, 2.05) is 6.92 Å². The molecule has 0 aliphatic heterocycles. The van der Waals surface area contributed by atoms with Crippen molar-refractivity contribution in [1.82, 2.24) is 5.32 Å². The van der Waals surface area contributed by atoms with Crippen LogP contribution in [-0.4, -0.2) is 17.0 Å². The molecule has 2 aromatic rings. The average Bonchev–Trinajstić information content (AvgIpc) is 2.45. The van der Waals surface area contributed by atoms with Crippen molar-refractivity contribution in [3.05, 3.63) is 70.2 Å². The highest BCUT2D eigenvalue weighted by Crippen LogP contribution is 2.19. The quantitative estimate of drug-likeness (QED) is 0.911. The zero-order valence-electron chi connectivity index (χ0n) is 11.3. The minimum atomic E-state index is -1.13. The Hall–Kier alpha value is -2.33. The highest BCUT2D eigenvalue weighted by molar-refractivity contribution is 6.34. The van der Waals surface area contributed by atoms with Gasteiger partial charge >= 0.3 is 5.97 Å². The third-order valence-electron chi connectivity index (χ3n) is 3.02. The van der Waals surface area contributed by atoms with Gasteiger partial charge in [-0.2, -0.15) is 0 Å². The van der Waals surface area contributed by atoms with Crippen LogP contribution < -0.4 is 5.32 Å². The van der Waals surface area contributed by atoms with E-state index in [2.05, 4.69) is 5.32 Å². The molecule has 5 heteroatoms. The second kappa shape index (κ2) is 6.41. The van der Waals surface area contributed by atoms with Gasteiger partial charge in [-0.25, -0.2) is 4.79 Å². The number of aryl methyl sites for hydroxylation is 1. The molecule has 2 N–H and O–H groups in total. The van der Waals surface area contributed by atoms with Crippen molar-refractivity contribution >= 4 is 23.5 Å². The van der Waals surface area contributed by atoms with E-state index in [1.165, 1.54) is 0 Å². The average molecular weight is 304 g/mol. The van der Waals surface area contributed by atoms with E-state index in [0.29, 0.717) is 10.6 Å². The molecule has 0 aliphatic rings. The first-order valence-corrected chi connectivity index (χ1v) is 6.71. The molecule has 0 unspecified atom stereocenters. The Kier molecular flexibility index (Phi) is 4.60. The molecule has 0 aromatic heterocycles. The van der Waals surface area contributed by atoms with Crippen molar-refractivity contribution in [2.75, 3.05) is 0 Å². The van der Waals surface area contributed by atoms with E-state index < -0.39 is 17.9 Å². The molecule has 0 saturated carbocycles. The highest BCUT2D eigenvalue weighted by Gasteiger charge is 2.23. The van der Waals surface area contributed by atoms with Crippen molar-refractivity contribution in [1.29, 1.82) is 0 Å². The zero-order chi connectivity index (χ0) is 15.4. The largest absolute Gasteiger partial charge is 0.479 e. The molecule has 2 aromatic carbocycles. The maximum Gasteiger partial charge on any atom is 0.330 e. The lowest BCUT2D eigenvalue weighted by Gasteiger charge is -2.15. The number of benzene rings is 2. The Labute approximate surface area is 127 Å². The number of nitrogens with one attached hydrogen (secondary N) is 1. The predicted molar refractivity (Wildman–Crippen MR) is 80.5 cm³/mol. The molecule has 0 spiro atoms. The van der Waals surface area contributed by atoms with Crippen molar-refractivity contribution < 1.29 is 14.7 Å². The lowest BCUT2D eigenvalue weighted by atomic mass is 10.1. The van der Waals surface area contributed by atoms with Gasteiger partial charge in [0.2, 0.25) is 0 Å². The van der Waals surface area contributed by atoms with Crippen LogP contribution in [0.25, 0.3) is 0 Å². The number of aliphatic carboxylic acids is 1. The van der Waals surface area contributed by atoms with Crippen molar-refractivity contribution in [2.24, 2.45) is 0 Å². The molecule has 0 radical (unpaired) electrons. The third kappa shape index (κ3) is 3.61. The van der Waals surface area contributed by atoms with Crippen LogP contribution in [0.5, 0.6) is 0 Å². The molecule has 108 valence electrons. The van der Waals surface area contributed by atoms with Gasteiger partial charge in [-0.15, -0.1) is 0 Å². The fourth-order valence-corrected chi connectivity index (χ4v) is 2.27. The molecule has 0 heterocycles. The second-order valence-corrected chi connectivity index (χ2v) is 5.05. The molecule has 1 amide bonds. The SMILES string of the molecule is Cc1ccc(C(=O)N[C@@H](C(=O)O)c2ccccc2)c(Cl)c1. The summed E-state index contributed by atoms with van der Waals surface area (Å²) < 4.78 is 0. The van der Waals surface area contributed by atoms with Crippen molar-refractivity contribution in [3.63, 3.8) is 0 Å². The third-order valence-corrected chi connectivity index (χ3v) is 3.34. The number of carboxylic acid groups (broad SMARTS) is 1. The Morgan fingerprint density at radius 3 is 2.38 bits per heavy atom. The summed E-state index contributed by atoms with van der Waals surface area (Å²) in [5.74, 6) is -1.64. The maximum atomic E-state index is 12.2. The molecule has 21 heavy (non-hydrogen) atoms. The molecule has 0 saturated heterocycles. The lowest BCUT2D eigenvalue weighted by molar-refractivity contribution is -0.139. The number of hydrogen-bond acceptors (Lipinski definition) is 2. The number of carboxylic acids is 1. The highest BCUT2D eigenvalue weighted by atomic mass is 35.5. The molecule has 0 bridgehead atoms. The lowest BCUT2D eigenvalue weighted by Crippen LogP contribution is -2.33. The number of halogens is 1. The standard InChI is InChI=1S/C16H14ClNO3/c1-10-7-8-12(13(17)9-10)15(19)18-14(16(20)21)11-5-3-2-4-6-11/h2-9,14H,1H3,(H,18,19)(H,20,21)/t14-/m1/s1. The van der Waals surface area contributed by atoms with Crippen LogP contribution in [-0.2, 0) is 4.79 Å². The Bertz CT molecular complexity index is 670. The Morgan fingerprint density at radius 2 is 1.81 bits per heavy atom. The first-order chi connectivity index (χ1) is 9.99. The Balaban J connectivity index is 2.25. The Morgan fingerprint density at radius 1 is 1.14 bits per heavy atom. The van der Waals surface area contributed by atoms with Gasteiger partial charge in [0.1, 0.15) is 0 Å². The number of hydrogen-bond donors (Lipinski definition) is 2. The molecule has 2 rings (SSSR count). The minimum absolute atomic E-state index is 0.254. The van der Waals surface area contributed by atoms with Gasteiger partial charge in [0.15, 0.2) is 6.04 Å². The van der Waals surface area contributed by atoms with E-state index in [9.17, 15) is 14.7 Å². The summed E-state index contributed by atoms with van der Waals surface area (Å²) in [6.45, 7) is 1.86. The summed E-state index contributed by atoms with van der Waals surface area (Å²) in [5, 5.41) is 12.1. The molecular formula is C16H14ClNO3. The van der Waals surface area contributed by atoms with E-state index in [1.54, 1.807) is 48.5 Å². The summed E-state index contributed by atoms with van der Waals surface area (Å²) in [4.78, 5) is 23.6. The van der Waals surface area contributed by atoms with E-state index >= 15 is 0 Å². The topological polar surface area (TPSA) is 66.4 Å². The molecule has 1 atom stereocenters. The van der Waals surface area contributed by atoms with E-state index in [0.717, 1.165) is 5.56 Å². The number of amides is 1. The summed E-state index contributed by atoms with van der Waals surface area (Å²) in [5.41, 5.74) is 1.68. The number of rotatable bonds is 4. The van der Waals surface area contributed by atoms with Gasteiger partial charge in [-0.1, -0.05) is 48.0 Å². The normalized spacial score (nSPS) is 11.7. The number of carbonyl (C=O) groups excluding carboxylic acids is 1. The fourth-order valence-electron chi connectivity index (χ4n) is 1.95. The van der Waals surface area contributed by atoms with Crippen molar-refractivity contribution in [2.45, 2.75) is 13.0 Å². The van der Waals surface area contributed by atoms with Crippen molar-refractivity contribution in [3.8, 4) is 0 Å². The summed E-state index contributed by atoms with van der Waals surface area (Å²) in [6.07, 6.45) is 0. The molecular weight excluding hydrogens is 290 g/mol. The van der Waals surface area contributed by atoms with E-state index in [-0.39, 0.29) is 5.56 Å². The molecule has 4 nitrogen and oxygen atoms in total. The van der Waals surface area contributed by atoms with Crippen LogP contribution in [0.15, 0.2) is 48.5 Å². The van der Waals surface area contributed by atoms with Crippen LogP contribution in [0.4, 0.5) is 0 Å². The van der Waals surface area contributed by atoms with E-state index in [4.69, 9.17) is 11.6 Å². The van der Waals surface area contributed by atoms with Gasteiger partial charge in [0.25, 0.3) is 5.91 Å². The molecule has 0 aliphatic carbocycles. The van der Waals surface area contributed by atoms with Crippen LogP contribution in [0.3, 0.4) is 0 Å². The smallest absolute Gasteiger partial charge is 0.330 e. The van der Waals surface area contributed by atoms with Gasteiger partial charge in [-0.3, -0.25) is 4.79 Å². The zero-order valence-corrected chi connectivity index (χ0v) is 12.1. The van der Waals surface area contributed by atoms with Gasteiger partial charge in [0.05, 0.1) is 10.6 Å². The van der Waals surface area contributed by atoms with Crippen LogP contribution >= 0.6 is 11.6 Å². The summed E-state index contributed by atoms with van der Waals surface area (Å²) in [7, 11) is 0. The fraction of sp³-hybridized carbons (Fsp3) is 0.125. The molecule has 0 fully saturated rings. The predicted octanol–water partition coefficient (Wildman–Crippen LogP) is 3.20. The number of carbonyl (C=O) groups is 2. The van der Waals surface area contributed by atoms with Crippen LogP contribution in [0, 0.1) is 6.92 Å². The van der Waals surface area contributed by atoms with Gasteiger partial charge in [-0.05, 0) is 30.2 Å². The first kappa shape index (κ1) is 15.1. The monoisotopic (exact) mass is 303 g/mol. The first-order valence-electron chi connectivity index (χ1n) is 6.34. The maximum absolute atomic E-state index is 12.2. The van der Waals surface area contributed by atoms with Crippen LogP contribution in [0.1, 0.15) is 27.5 Å². The summed E-state index contributed by atoms with van der Waals surface area (Å²) >= 11 is 6.03. The van der Waals surface area contributed by atoms with Gasteiger partial charge in [0, 0.05) is 0 Å². The van der Waals surface area contributed by atoms with Gasteiger partial charge < -0.3 is 10.4 Å². The minimum Gasteiger partial charge on any atom is -0.479 e.